The Labute approximate surface area is 341 Å². The third kappa shape index (κ3) is 6.01. The number of hydrogen-bond donors (Lipinski definition) is 0. The fourth-order valence-corrected chi connectivity index (χ4v) is 9.93. The van der Waals surface area contributed by atoms with Gasteiger partial charge in [0, 0.05) is 29.1 Å². The lowest BCUT2D eigenvalue weighted by Gasteiger charge is -2.31. The van der Waals surface area contributed by atoms with Gasteiger partial charge in [0.1, 0.15) is 0 Å². The highest BCUT2D eigenvalue weighted by Crippen LogP contribution is 2.49. The molecule has 8 aromatic carbocycles. The van der Waals surface area contributed by atoms with E-state index in [9.17, 15) is 0 Å². The van der Waals surface area contributed by atoms with Crippen molar-refractivity contribution in [3.63, 3.8) is 0 Å². The smallest absolute Gasteiger partial charge is 0.0528 e. The molecule has 0 amide bonds. The predicted octanol–water partition coefficient (Wildman–Crippen LogP) is 16.2. The number of nitrogens with zero attached hydrogens (tertiary/aromatic N) is 1. The molecule has 0 aliphatic heterocycles. The number of benzene rings is 8. The number of aromatic nitrogens is 1. The second kappa shape index (κ2) is 15.0. The fourth-order valence-electron chi connectivity index (χ4n) is 9.93. The lowest BCUT2D eigenvalue weighted by Crippen LogP contribution is -2.18. The van der Waals surface area contributed by atoms with Crippen LogP contribution in [0.2, 0.25) is 0 Å². The maximum atomic E-state index is 4.13. The molecule has 1 nitrogen and oxygen atoms in total. The first kappa shape index (κ1) is 35.7. The fraction of sp³-hybridized carbons (Fsp3) is 0.123. The average Bonchev–Trinajstić information content (AvgIpc) is 3.65. The van der Waals surface area contributed by atoms with Crippen LogP contribution < -0.4 is 0 Å². The predicted molar refractivity (Wildman–Crippen MR) is 252 cm³/mol. The summed E-state index contributed by atoms with van der Waals surface area (Å²) in [7, 11) is 0. The summed E-state index contributed by atoms with van der Waals surface area (Å²) < 4.78 is 2.52. The van der Waals surface area contributed by atoms with Crippen LogP contribution in [0.1, 0.15) is 50.3 Å². The van der Waals surface area contributed by atoms with Crippen molar-refractivity contribution in [2.24, 2.45) is 5.92 Å². The molecule has 0 saturated carbocycles. The van der Waals surface area contributed by atoms with Gasteiger partial charge in [0.05, 0.1) is 5.52 Å². The Morgan fingerprint density at radius 3 is 1.83 bits per heavy atom. The zero-order chi connectivity index (χ0) is 39.2. The molecule has 0 spiro atoms. The van der Waals surface area contributed by atoms with Gasteiger partial charge in [0.15, 0.2) is 0 Å². The molecule has 0 fully saturated rings. The third-order valence-electron chi connectivity index (χ3n) is 12.6. The maximum Gasteiger partial charge on any atom is 0.0528 e. The van der Waals surface area contributed by atoms with E-state index in [0.717, 1.165) is 19.3 Å². The minimum atomic E-state index is 0.392. The molecule has 1 aromatic heterocycles. The van der Waals surface area contributed by atoms with E-state index in [0.29, 0.717) is 11.8 Å². The van der Waals surface area contributed by atoms with Crippen LogP contribution in [0.3, 0.4) is 0 Å². The van der Waals surface area contributed by atoms with Crippen LogP contribution in [0.4, 0.5) is 0 Å². The van der Waals surface area contributed by atoms with Gasteiger partial charge in [-0.2, -0.15) is 0 Å². The van der Waals surface area contributed by atoms with Gasteiger partial charge in [0.2, 0.25) is 0 Å². The Hall–Kier alpha value is -6.70. The largest absolute Gasteiger partial charge is 0.317 e. The highest BCUT2D eigenvalue weighted by Gasteiger charge is 2.29. The minimum absolute atomic E-state index is 0.392. The molecule has 0 saturated heterocycles. The zero-order valence-corrected chi connectivity index (χ0v) is 33.3. The van der Waals surface area contributed by atoms with Crippen LogP contribution in [0.25, 0.3) is 87.5 Å². The third-order valence-corrected chi connectivity index (χ3v) is 12.6. The van der Waals surface area contributed by atoms with E-state index in [2.05, 4.69) is 207 Å². The number of hydrogen-bond acceptors (Lipinski definition) is 0. The van der Waals surface area contributed by atoms with Gasteiger partial charge >= 0.3 is 0 Å². The van der Waals surface area contributed by atoms with Gasteiger partial charge in [-0.05, 0) is 126 Å². The maximum absolute atomic E-state index is 4.13. The van der Waals surface area contributed by atoms with Crippen LogP contribution in [0, 0.1) is 5.92 Å². The molecule has 1 aliphatic rings. The van der Waals surface area contributed by atoms with Crippen molar-refractivity contribution < 1.29 is 0 Å². The minimum Gasteiger partial charge on any atom is -0.317 e. The molecule has 1 heterocycles. The van der Waals surface area contributed by atoms with Gasteiger partial charge in [-0.3, -0.25) is 0 Å². The quantitative estimate of drug-likeness (QED) is 0.0829. The van der Waals surface area contributed by atoms with Crippen molar-refractivity contribution in [1.29, 1.82) is 0 Å². The molecule has 10 rings (SSSR count). The molecule has 2 atom stereocenters. The van der Waals surface area contributed by atoms with Crippen molar-refractivity contribution in [2.75, 3.05) is 0 Å². The van der Waals surface area contributed by atoms with E-state index in [4.69, 9.17) is 0 Å². The van der Waals surface area contributed by atoms with Gasteiger partial charge in [-0.1, -0.05) is 171 Å². The summed E-state index contributed by atoms with van der Waals surface area (Å²) in [6, 6.07) is 58.9. The van der Waals surface area contributed by atoms with E-state index in [1.54, 1.807) is 0 Å². The Balaban J connectivity index is 1.18. The standard InChI is InChI=1S/C57H47N/c1-4-6-23-44(17-5-2)58-54-30-14-9-20-43(54)37-55(58)45-33-31-41(35-38(45)3)42-32-34-52-53(36-42)57(49-29-16-22-40-19-8-11-25-47(40)49)51-27-13-12-26-50(51)56(52)48-28-15-21-39-18-7-10-24-46(39)48/h4-16,18-32,34,36-38,45H,2,17,33,35H2,1,3H3/b6-4-,44-23+. The molecule has 280 valence electrons. The lowest BCUT2D eigenvalue weighted by atomic mass is 9.76. The first-order chi connectivity index (χ1) is 28.6. The second-order valence-electron chi connectivity index (χ2n) is 16.0. The van der Waals surface area contributed by atoms with E-state index in [1.165, 1.54) is 98.8 Å². The van der Waals surface area contributed by atoms with E-state index in [-0.39, 0.29) is 0 Å². The van der Waals surface area contributed by atoms with Crippen LogP contribution in [-0.4, -0.2) is 4.57 Å². The summed E-state index contributed by atoms with van der Waals surface area (Å²) >= 11 is 0. The summed E-state index contributed by atoms with van der Waals surface area (Å²) in [6.45, 7) is 8.66. The summed E-state index contributed by atoms with van der Waals surface area (Å²) in [5.74, 6) is 0.842. The van der Waals surface area contributed by atoms with Crippen molar-refractivity contribution in [3.05, 3.63) is 206 Å². The topological polar surface area (TPSA) is 4.93 Å². The van der Waals surface area contributed by atoms with Crippen molar-refractivity contribution in [3.8, 4) is 22.3 Å². The number of para-hydroxylation sites is 1. The molecule has 2 unspecified atom stereocenters. The Kier molecular flexibility index (Phi) is 9.23. The zero-order valence-electron chi connectivity index (χ0n) is 33.3. The highest BCUT2D eigenvalue weighted by atomic mass is 15.0. The van der Waals surface area contributed by atoms with E-state index < -0.39 is 0 Å². The lowest BCUT2D eigenvalue weighted by molar-refractivity contribution is 0.445. The van der Waals surface area contributed by atoms with Gasteiger partial charge in [0.25, 0.3) is 0 Å². The summed E-state index contributed by atoms with van der Waals surface area (Å²) in [6.07, 6.45) is 13.9. The number of allylic oxidation sites excluding steroid dienone is 7. The van der Waals surface area contributed by atoms with Gasteiger partial charge < -0.3 is 4.57 Å². The molecular weight excluding hydrogens is 699 g/mol. The summed E-state index contributed by atoms with van der Waals surface area (Å²) in [5.41, 5.74) is 11.8. The van der Waals surface area contributed by atoms with Crippen LogP contribution in [-0.2, 0) is 0 Å². The Morgan fingerprint density at radius 2 is 1.19 bits per heavy atom. The number of fused-ring (bicyclic) bond motifs is 5. The first-order valence-electron chi connectivity index (χ1n) is 20.8. The average molecular weight is 746 g/mol. The first-order valence-corrected chi connectivity index (χ1v) is 20.8. The summed E-state index contributed by atoms with van der Waals surface area (Å²) in [4.78, 5) is 0. The van der Waals surface area contributed by atoms with Gasteiger partial charge in [-0.25, -0.2) is 0 Å². The normalized spacial score (nSPS) is 16.2. The van der Waals surface area contributed by atoms with E-state index in [1.807, 2.05) is 6.08 Å². The molecule has 9 aromatic rings. The molecule has 58 heavy (non-hydrogen) atoms. The van der Waals surface area contributed by atoms with Crippen LogP contribution in [0.15, 0.2) is 195 Å². The van der Waals surface area contributed by atoms with Gasteiger partial charge in [-0.15, -0.1) is 6.58 Å². The van der Waals surface area contributed by atoms with Crippen molar-refractivity contribution >= 4 is 65.3 Å². The highest BCUT2D eigenvalue weighted by molar-refractivity contribution is 6.25. The molecule has 0 N–H and O–H groups in total. The monoisotopic (exact) mass is 745 g/mol. The Bertz CT molecular complexity index is 3130. The van der Waals surface area contributed by atoms with E-state index >= 15 is 0 Å². The molecule has 1 heteroatoms. The molecule has 0 bridgehead atoms. The molecule has 1 aliphatic carbocycles. The SMILES string of the molecule is C=CC/C(=C\C=C/C)n1c(C2CC=C(c3ccc4c(-c5cccc6ccccc56)c5ccccc5c(-c5cccc6ccccc56)c4c3)CC2C)cc2ccccc21. The van der Waals surface area contributed by atoms with Crippen molar-refractivity contribution in [1.82, 2.24) is 4.57 Å². The van der Waals surface area contributed by atoms with Crippen LogP contribution in [0.5, 0.6) is 0 Å². The number of rotatable bonds is 8. The second-order valence-corrected chi connectivity index (χ2v) is 16.0. The van der Waals surface area contributed by atoms with Crippen molar-refractivity contribution in [2.45, 2.75) is 39.0 Å². The Morgan fingerprint density at radius 1 is 0.621 bits per heavy atom. The molecular formula is C57H47N. The van der Waals surface area contributed by atoms with Crippen LogP contribution >= 0.6 is 0 Å². The molecule has 0 radical (unpaired) electrons. The summed E-state index contributed by atoms with van der Waals surface area (Å²) in [5, 5.41) is 11.5.